The number of rotatable bonds is 6. The maximum Gasteiger partial charge on any atom is 0.387 e. The van der Waals surface area contributed by atoms with E-state index >= 15 is 0 Å². The van der Waals surface area contributed by atoms with Crippen LogP contribution in [0.1, 0.15) is 4.88 Å². The summed E-state index contributed by atoms with van der Waals surface area (Å²) in [5, 5.41) is 17.4. The van der Waals surface area contributed by atoms with Gasteiger partial charge in [0.05, 0.1) is 17.2 Å². The first-order valence-corrected chi connectivity index (χ1v) is 7.14. The maximum atomic E-state index is 12.3. The number of anilines is 1. The number of nitrogens with zero attached hydrogens (tertiary/aromatic N) is 1. The van der Waals surface area contributed by atoms with Crippen molar-refractivity contribution in [3.05, 3.63) is 50.7 Å². The summed E-state index contributed by atoms with van der Waals surface area (Å²) in [6, 6.07) is 5.88. The number of hydrogen-bond donors (Lipinski definition) is 2. The second-order valence-electron chi connectivity index (χ2n) is 4.20. The molecule has 0 saturated carbocycles. The van der Waals surface area contributed by atoms with Crippen molar-refractivity contribution in [1.82, 2.24) is 5.32 Å². The van der Waals surface area contributed by atoms with Gasteiger partial charge in [0.1, 0.15) is 5.75 Å². The number of nitro groups is 1. The van der Waals surface area contributed by atoms with E-state index < -0.39 is 17.6 Å². The fraction of sp³-hybridized carbons (Fsp3) is 0.154. The molecule has 1 aromatic heterocycles. The normalized spacial score (nSPS) is 10.4. The molecule has 122 valence electrons. The van der Waals surface area contributed by atoms with Gasteiger partial charge in [-0.2, -0.15) is 8.78 Å². The number of alkyl halides is 2. The van der Waals surface area contributed by atoms with E-state index in [1.807, 2.05) is 17.5 Å². The molecule has 0 atom stereocenters. The number of carbonyl (C=O) groups is 1. The summed E-state index contributed by atoms with van der Waals surface area (Å²) in [5.74, 6) is -0.364. The number of nitrogens with one attached hydrogen (secondary N) is 2. The smallest absolute Gasteiger partial charge is 0.387 e. The molecule has 0 fully saturated rings. The van der Waals surface area contributed by atoms with E-state index in [1.165, 1.54) is 11.3 Å². The minimum atomic E-state index is -3.12. The minimum Gasteiger partial charge on any atom is -0.433 e. The Kier molecular flexibility index (Phi) is 5.41. The van der Waals surface area contributed by atoms with E-state index in [4.69, 9.17) is 0 Å². The van der Waals surface area contributed by atoms with Gasteiger partial charge in [0, 0.05) is 17.0 Å². The predicted octanol–water partition coefficient (Wildman–Crippen LogP) is 3.58. The fourth-order valence-corrected chi connectivity index (χ4v) is 2.32. The topological polar surface area (TPSA) is 93.5 Å². The predicted molar refractivity (Wildman–Crippen MR) is 79.9 cm³/mol. The van der Waals surface area contributed by atoms with E-state index in [1.54, 1.807) is 0 Å². The number of thiophene rings is 1. The SMILES string of the molecule is O=C(NCc1cccs1)Nc1cc([N+](=O)[O-])ccc1OC(F)F. The third-order valence-corrected chi connectivity index (χ3v) is 3.52. The zero-order valence-electron chi connectivity index (χ0n) is 11.5. The first kappa shape index (κ1) is 16.6. The van der Waals surface area contributed by atoms with Crippen LogP contribution in [-0.4, -0.2) is 17.6 Å². The number of amides is 2. The number of carbonyl (C=O) groups excluding carboxylic acids is 1. The van der Waals surface area contributed by atoms with Crippen molar-refractivity contribution in [3.8, 4) is 5.75 Å². The third kappa shape index (κ3) is 4.88. The second-order valence-corrected chi connectivity index (χ2v) is 5.24. The number of urea groups is 1. The molecule has 1 heterocycles. The van der Waals surface area contributed by atoms with Crippen LogP contribution in [0.15, 0.2) is 35.7 Å². The Labute approximate surface area is 133 Å². The number of hydrogen-bond acceptors (Lipinski definition) is 5. The number of nitro benzene ring substituents is 1. The van der Waals surface area contributed by atoms with Crippen molar-refractivity contribution in [1.29, 1.82) is 0 Å². The summed E-state index contributed by atoms with van der Waals surface area (Å²) in [6.07, 6.45) is 0. The average Bonchev–Trinajstić information content (AvgIpc) is 2.99. The monoisotopic (exact) mass is 343 g/mol. The van der Waals surface area contributed by atoms with E-state index in [-0.39, 0.29) is 23.7 Å². The maximum absolute atomic E-state index is 12.3. The van der Waals surface area contributed by atoms with Crippen molar-refractivity contribution in [2.45, 2.75) is 13.2 Å². The standard InChI is InChI=1S/C13H11F2N3O4S/c14-12(15)22-11-4-3-8(18(20)21)6-10(11)17-13(19)16-7-9-2-1-5-23-9/h1-6,12H,7H2,(H2,16,17,19). The first-order chi connectivity index (χ1) is 11.0. The lowest BCUT2D eigenvalue weighted by atomic mass is 10.2. The van der Waals surface area contributed by atoms with E-state index in [0.29, 0.717) is 0 Å². The van der Waals surface area contributed by atoms with Gasteiger partial charge in [0.15, 0.2) is 0 Å². The van der Waals surface area contributed by atoms with Crippen molar-refractivity contribution in [3.63, 3.8) is 0 Å². The van der Waals surface area contributed by atoms with Gasteiger partial charge in [0.25, 0.3) is 5.69 Å². The molecule has 0 aliphatic heterocycles. The summed E-state index contributed by atoms with van der Waals surface area (Å²) < 4.78 is 28.9. The highest BCUT2D eigenvalue weighted by Gasteiger charge is 2.16. The summed E-state index contributed by atoms with van der Waals surface area (Å²) in [7, 11) is 0. The third-order valence-electron chi connectivity index (χ3n) is 2.64. The van der Waals surface area contributed by atoms with Crippen molar-refractivity contribution in [2.75, 3.05) is 5.32 Å². The van der Waals surface area contributed by atoms with Gasteiger partial charge in [-0.1, -0.05) is 6.07 Å². The molecule has 7 nitrogen and oxygen atoms in total. The lowest BCUT2D eigenvalue weighted by Crippen LogP contribution is -2.28. The van der Waals surface area contributed by atoms with Crippen LogP contribution in [0.2, 0.25) is 0 Å². The Hall–Kier alpha value is -2.75. The highest BCUT2D eigenvalue weighted by molar-refractivity contribution is 7.09. The van der Waals surface area contributed by atoms with Gasteiger partial charge < -0.3 is 15.4 Å². The number of non-ortho nitro benzene ring substituents is 1. The molecule has 2 aromatic rings. The van der Waals surface area contributed by atoms with Gasteiger partial charge in [-0.3, -0.25) is 10.1 Å². The summed E-state index contributed by atoms with van der Waals surface area (Å²) in [5.41, 5.74) is -0.580. The van der Waals surface area contributed by atoms with Gasteiger partial charge in [0.2, 0.25) is 0 Å². The molecule has 0 aliphatic rings. The quantitative estimate of drug-likeness (QED) is 0.619. The molecule has 0 spiro atoms. The molecule has 2 N–H and O–H groups in total. The average molecular weight is 343 g/mol. The molecule has 23 heavy (non-hydrogen) atoms. The van der Waals surface area contributed by atoms with Gasteiger partial charge >= 0.3 is 12.6 Å². The summed E-state index contributed by atoms with van der Waals surface area (Å²) >= 11 is 1.43. The van der Waals surface area contributed by atoms with Gasteiger partial charge in [-0.15, -0.1) is 11.3 Å². The molecule has 10 heteroatoms. The van der Waals surface area contributed by atoms with E-state index in [9.17, 15) is 23.7 Å². The number of benzene rings is 1. The van der Waals surface area contributed by atoms with Crippen LogP contribution in [0.25, 0.3) is 0 Å². The van der Waals surface area contributed by atoms with Gasteiger partial charge in [-0.25, -0.2) is 4.79 Å². The molecular formula is C13H11F2N3O4S. The van der Waals surface area contributed by atoms with Crippen LogP contribution in [0.3, 0.4) is 0 Å². The molecule has 0 radical (unpaired) electrons. The zero-order chi connectivity index (χ0) is 16.8. The summed E-state index contributed by atoms with van der Waals surface area (Å²) in [6.45, 7) is -2.88. The van der Waals surface area contributed by atoms with Crippen LogP contribution in [-0.2, 0) is 6.54 Å². The lowest BCUT2D eigenvalue weighted by Gasteiger charge is -2.12. The highest BCUT2D eigenvalue weighted by atomic mass is 32.1. The second kappa shape index (κ2) is 7.49. The first-order valence-electron chi connectivity index (χ1n) is 6.26. The minimum absolute atomic E-state index is 0.219. The largest absolute Gasteiger partial charge is 0.433 e. The molecule has 0 aliphatic carbocycles. The Morgan fingerprint density at radius 2 is 2.17 bits per heavy atom. The van der Waals surface area contributed by atoms with E-state index in [2.05, 4.69) is 15.4 Å². The lowest BCUT2D eigenvalue weighted by molar-refractivity contribution is -0.384. The van der Waals surface area contributed by atoms with Crippen molar-refractivity contribution >= 4 is 28.7 Å². The Bertz CT molecular complexity index is 695. The molecule has 2 amide bonds. The Morgan fingerprint density at radius 3 is 2.78 bits per heavy atom. The molecule has 0 saturated heterocycles. The number of ether oxygens (including phenoxy) is 1. The van der Waals surface area contributed by atoms with Crippen LogP contribution in [0.4, 0.5) is 25.0 Å². The Morgan fingerprint density at radius 1 is 1.39 bits per heavy atom. The number of halogens is 2. The molecule has 2 rings (SSSR count). The van der Waals surface area contributed by atoms with Crippen LogP contribution in [0, 0.1) is 10.1 Å². The van der Waals surface area contributed by atoms with Crippen molar-refractivity contribution in [2.24, 2.45) is 0 Å². The molecule has 1 aromatic carbocycles. The fourth-order valence-electron chi connectivity index (χ4n) is 1.68. The van der Waals surface area contributed by atoms with Crippen LogP contribution in [0.5, 0.6) is 5.75 Å². The van der Waals surface area contributed by atoms with Crippen molar-refractivity contribution < 1.29 is 23.2 Å². The Balaban J connectivity index is 2.10. The molecule has 0 bridgehead atoms. The molecular weight excluding hydrogens is 332 g/mol. The van der Waals surface area contributed by atoms with Gasteiger partial charge in [-0.05, 0) is 17.5 Å². The van der Waals surface area contributed by atoms with E-state index in [0.717, 1.165) is 23.1 Å². The summed E-state index contributed by atoms with van der Waals surface area (Å²) in [4.78, 5) is 22.7. The molecule has 0 unspecified atom stereocenters. The highest BCUT2D eigenvalue weighted by Crippen LogP contribution is 2.30. The zero-order valence-corrected chi connectivity index (χ0v) is 12.3. The van der Waals surface area contributed by atoms with Crippen LogP contribution < -0.4 is 15.4 Å². The van der Waals surface area contributed by atoms with Crippen LogP contribution >= 0.6 is 11.3 Å².